The van der Waals surface area contributed by atoms with Crippen molar-refractivity contribution in [3.8, 4) is 0 Å². The molecule has 0 radical (unpaired) electrons. The summed E-state index contributed by atoms with van der Waals surface area (Å²) in [6, 6.07) is 14.7. The van der Waals surface area contributed by atoms with Crippen LogP contribution in [0.15, 0.2) is 59.2 Å². The first-order chi connectivity index (χ1) is 11.1. The van der Waals surface area contributed by atoms with E-state index < -0.39 is 0 Å². The summed E-state index contributed by atoms with van der Waals surface area (Å²) in [6.45, 7) is 0.175. The SMILES string of the molecule is O=C1c2ccccc2C(=O)N1Cc1cc2cc(Br)ccc2cn1. The number of carbonyl (C=O) groups is 2. The van der Waals surface area contributed by atoms with E-state index in [1.807, 2.05) is 24.3 Å². The third kappa shape index (κ3) is 2.33. The molecule has 5 heteroatoms. The number of hydrogen-bond donors (Lipinski definition) is 0. The molecule has 2 aromatic carbocycles. The highest BCUT2D eigenvalue weighted by Crippen LogP contribution is 2.25. The van der Waals surface area contributed by atoms with Crippen molar-refractivity contribution in [1.82, 2.24) is 9.88 Å². The van der Waals surface area contributed by atoms with E-state index in [4.69, 9.17) is 0 Å². The standard InChI is InChI=1S/C18H11BrN2O2/c19-13-6-5-11-9-20-14(8-12(11)7-13)10-21-17(22)15-3-1-2-4-16(15)18(21)23/h1-9H,10H2. The number of carbonyl (C=O) groups excluding carboxylic acids is 2. The fourth-order valence-corrected chi connectivity index (χ4v) is 3.17. The number of nitrogens with zero attached hydrogens (tertiary/aromatic N) is 2. The average Bonchev–Trinajstić information content (AvgIpc) is 2.80. The van der Waals surface area contributed by atoms with E-state index in [1.165, 1.54) is 4.90 Å². The molecule has 0 bridgehead atoms. The first-order valence-corrected chi connectivity index (χ1v) is 7.92. The largest absolute Gasteiger partial charge is 0.269 e. The number of halogens is 1. The molecule has 0 atom stereocenters. The number of imide groups is 1. The first kappa shape index (κ1) is 14.1. The molecule has 0 fully saturated rings. The van der Waals surface area contributed by atoms with Gasteiger partial charge in [0.15, 0.2) is 0 Å². The summed E-state index contributed by atoms with van der Waals surface area (Å²) >= 11 is 3.44. The second kappa shape index (κ2) is 5.28. The van der Waals surface area contributed by atoms with Crippen LogP contribution in [0, 0.1) is 0 Å². The Kier molecular flexibility index (Phi) is 3.23. The Morgan fingerprint density at radius 1 is 0.913 bits per heavy atom. The fraction of sp³-hybridized carbons (Fsp3) is 0.0556. The minimum Gasteiger partial charge on any atom is -0.269 e. The molecule has 0 N–H and O–H groups in total. The Balaban J connectivity index is 1.69. The summed E-state index contributed by atoms with van der Waals surface area (Å²) in [5.41, 5.74) is 1.60. The van der Waals surface area contributed by atoms with Gasteiger partial charge in [-0.3, -0.25) is 19.5 Å². The predicted molar refractivity (Wildman–Crippen MR) is 90.1 cm³/mol. The van der Waals surface area contributed by atoms with Gasteiger partial charge < -0.3 is 0 Å². The molecule has 3 aromatic rings. The number of rotatable bonds is 2. The number of pyridine rings is 1. The van der Waals surface area contributed by atoms with Gasteiger partial charge in [-0.15, -0.1) is 0 Å². The van der Waals surface area contributed by atoms with Gasteiger partial charge in [-0.05, 0) is 35.7 Å². The summed E-state index contributed by atoms with van der Waals surface area (Å²) in [5, 5.41) is 2.03. The quantitative estimate of drug-likeness (QED) is 0.648. The van der Waals surface area contributed by atoms with Crippen LogP contribution in [0.5, 0.6) is 0 Å². The van der Waals surface area contributed by atoms with Gasteiger partial charge in [0.05, 0.1) is 23.4 Å². The summed E-state index contributed by atoms with van der Waals surface area (Å²) in [7, 11) is 0. The molecule has 4 rings (SSSR count). The van der Waals surface area contributed by atoms with Crippen LogP contribution in [-0.4, -0.2) is 21.7 Å². The molecule has 0 saturated carbocycles. The van der Waals surface area contributed by atoms with Gasteiger partial charge in [0, 0.05) is 16.1 Å². The first-order valence-electron chi connectivity index (χ1n) is 7.13. The van der Waals surface area contributed by atoms with E-state index in [0.29, 0.717) is 16.8 Å². The number of amides is 2. The van der Waals surface area contributed by atoms with Crippen molar-refractivity contribution in [1.29, 1.82) is 0 Å². The summed E-state index contributed by atoms with van der Waals surface area (Å²) < 4.78 is 0.975. The molecule has 112 valence electrons. The van der Waals surface area contributed by atoms with Crippen LogP contribution < -0.4 is 0 Å². The zero-order valence-electron chi connectivity index (χ0n) is 12.0. The van der Waals surface area contributed by atoms with E-state index in [-0.39, 0.29) is 18.4 Å². The molecule has 0 spiro atoms. The van der Waals surface area contributed by atoms with Crippen molar-refractivity contribution in [2.75, 3.05) is 0 Å². The van der Waals surface area contributed by atoms with Crippen molar-refractivity contribution in [2.24, 2.45) is 0 Å². The maximum atomic E-state index is 12.4. The zero-order valence-corrected chi connectivity index (χ0v) is 13.6. The molecule has 2 amide bonds. The Labute approximate surface area is 140 Å². The number of aromatic nitrogens is 1. The lowest BCUT2D eigenvalue weighted by atomic mass is 10.1. The van der Waals surface area contributed by atoms with Gasteiger partial charge in [0.25, 0.3) is 11.8 Å². The Bertz CT molecular complexity index is 933. The fourth-order valence-electron chi connectivity index (χ4n) is 2.79. The van der Waals surface area contributed by atoms with Crippen LogP contribution in [0.2, 0.25) is 0 Å². The molecule has 23 heavy (non-hydrogen) atoms. The third-order valence-corrected chi connectivity index (χ3v) is 4.43. The minimum atomic E-state index is -0.262. The van der Waals surface area contributed by atoms with Gasteiger partial charge in [0.2, 0.25) is 0 Å². The highest BCUT2D eigenvalue weighted by molar-refractivity contribution is 9.10. The van der Waals surface area contributed by atoms with E-state index in [0.717, 1.165) is 15.2 Å². The second-order valence-electron chi connectivity index (χ2n) is 5.41. The maximum Gasteiger partial charge on any atom is 0.261 e. The normalized spacial score (nSPS) is 13.7. The van der Waals surface area contributed by atoms with Crippen LogP contribution in [0.4, 0.5) is 0 Å². The van der Waals surface area contributed by atoms with Crippen molar-refractivity contribution >= 4 is 38.5 Å². The molecule has 1 aromatic heterocycles. The van der Waals surface area contributed by atoms with Crippen molar-refractivity contribution in [3.05, 3.63) is 76.0 Å². The Morgan fingerprint density at radius 3 is 2.30 bits per heavy atom. The Hall–Kier alpha value is -2.53. The molecule has 2 heterocycles. The van der Waals surface area contributed by atoms with Crippen molar-refractivity contribution in [2.45, 2.75) is 6.54 Å². The van der Waals surface area contributed by atoms with Crippen LogP contribution in [-0.2, 0) is 6.54 Å². The van der Waals surface area contributed by atoms with Crippen LogP contribution in [0.25, 0.3) is 10.8 Å². The zero-order chi connectivity index (χ0) is 16.0. The van der Waals surface area contributed by atoms with Crippen LogP contribution >= 0.6 is 15.9 Å². The summed E-state index contributed by atoms with van der Waals surface area (Å²) in [6.07, 6.45) is 1.76. The van der Waals surface area contributed by atoms with Gasteiger partial charge in [0.1, 0.15) is 0 Å². The molecule has 0 unspecified atom stereocenters. The second-order valence-corrected chi connectivity index (χ2v) is 6.32. The molecular formula is C18H11BrN2O2. The monoisotopic (exact) mass is 366 g/mol. The Morgan fingerprint density at radius 2 is 1.61 bits per heavy atom. The minimum absolute atomic E-state index is 0.175. The lowest BCUT2D eigenvalue weighted by molar-refractivity contribution is 0.0640. The highest BCUT2D eigenvalue weighted by atomic mass is 79.9. The summed E-state index contributed by atoms with van der Waals surface area (Å²) in [5.74, 6) is -0.525. The van der Waals surface area contributed by atoms with Gasteiger partial charge in [-0.2, -0.15) is 0 Å². The molecule has 0 aliphatic carbocycles. The lowest BCUT2D eigenvalue weighted by Crippen LogP contribution is -2.29. The predicted octanol–water partition coefficient (Wildman–Crippen LogP) is 3.79. The molecule has 1 aliphatic rings. The van der Waals surface area contributed by atoms with E-state index in [1.54, 1.807) is 30.5 Å². The average molecular weight is 367 g/mol. The topological polar surface area (TPSA) is 50.3 Å². The van der Waals surface area contributed by atoms with Crippen molar-refractivity contribution in [3.63, 3.8) is 0 Å². The number of hydrogen-bond acceptors (Lipinski definition) is 3. The van der Waals surface area contributed by atoms with Gasteiger partial charge in [-0.1, -0.05) is 34.1 Å². The number of benzene rings is 2. The van der Waals surface area contributed by atoms with Crippen LogP contribution in [0.3, 0.4) is 0 Å². The third-order valence-electron chi connectivity index (χ3n) is 3.94. The summed E-state index contributed by atoms with van der Waals surface area (Å²) in [4.78, 5) is 30.4. The van der Waals surface area contributed by atoms with E-state index in [2.05, 4.69) is 20.9 Å². The van der Waals surface area contributed by atoms with Gasteiger partial charge in [-0.25, -0.2) is 0 Å². The van der Waals surface area contributed by atoms with Crippen LogP contribution in [0.1, 0.15) is 26.4 Å². The lowest BCUT2D eigenvalue weighted by Gasteiger charge is -2.13. The molecule has 1 aliphatic heterocycles. The molecule has 0 saturated heterocycles. The smallest absolute Gasteiger partial charge is 0.261 e. The number of fused-ring (bicyclic) bond motifs is 2. The molecular weight excluding hydrogens is 356 g/mol. The van der Waals surface area contributed by atoms with E-state index >= 15 is 0 Å². The van der Waals surface area contributed by atoms with E-state index in [9.17, 15) is 9.59 Å². The maximum absolute atomic E-state index is 12.4. The molecule has 4 nitrogen and oxygen atoms in total. The van der Waals surface area contributed by atoms with Crippen molar-refractivity contribution < 1.29 is 9.59 Å². The highest BCUT2D eigenvalue weighted by Gasteiger charge is 2.35. The van der Waals surface area contributed by atoms with Gasteiger partial charge >= 0.3 is 0 Å².